The molecule has 6 nitrogen and oxygen atoms in total. The number of ether oxygens (including phenoxy) is 1. The molecule has 1 amide bonds. The second-order valence-corrected chi connectivity index (χ2v) is 8.41. The molecular formula is C19H27ClN4O2. The average Bonchev–Trinajstić information content (AvgIpc) is 3.01. The van der Waals surface area contributed by atoms with Crippen molar-refractivity contribution in [2.24, 2.45) is 5.92 Å². The molecule has 1 fully saturated rings. The molecule has 1 aliphatic rings. The van der Waals surface area contributed by atoms with E-state index in [0.29, 0.717) is 29.1 Å². The lowest BCUT2D eigenvalue weighted by molar-refractivity contribution is 0.0570. The predicted molar refractivity (Wildman–Crippen MR) is 103 cm³/mol. The third kappa shape index (κ3) is 4.11. The maximum Gasteiger partial charge on any atom is 0.416 e. The number of hydrogen-bond acceptors (Lipinski definition) is 4. The van der Waals surface area contributed by atoms with Gasteiger partial charge in [0.2, 0.25) is 0 Å². The number of amides is 1. The summed E-state index contributed by atoms with van der Waals surface area (Å²) in [6, 6.07) is 1.78. The molecule has 0 radical (unpaired) electrons. The van der Waals surface area contributed by atoms with Crippen LogP contribution in [0.15, 0.2) is 12.3 Å². The first kappa shape index (κ1) is 19.0. The van der Waals surface area contributed by atoms with Crippen LogP contribution in [0.2, 0.25) is 5.15 Å². The van der Waals surface area contributed by atoms with Crippen LogP contribution in [0.1, 0.15) is 58.4 Å². The van der Waals surface area contributed by atoms with Crippen LogP contribution in [0.3, 0.4) is 0 Å². The second kappa shape index (κ2) is 7.43. The summed E-state index contributed by atoms with van der Waals surface area (Å²) in [5.41, 5.74) is 0.771. The van der Waals surface area contributed by atoms with Crippen LogP contribution in [0.5, 0.6) is 0 Å². The number of fused-ring (bicyclic) bond motifs is 1. The van der Waals surface area contributed by atoms with E-state index in [-0.39, 0.29) is 6.09 Å². The standard InChI is InChI=1S/C19H27ClN4O2/c1-13-16(20)22-15-10-11-21-24(15)17(13)23(18(25)26-19(2,3)4)12-14-8-6-5-7-9-14/h10-11,14H,5-9,12H2,1-4H3. The van der Waals surface area contributed by atoms with Gasteiger partial charge in [-0.25, -0.2) is 9.78 Å². The molecule has 3 rings (SSSR count). The van der Waals surface area contributed by atoms with Gasteiger partial charge < -0.3 is 4.74 Å². The number of hydrogen-bond donors (Lipinski definition) is 0. The highest BCUT2D eigenvalue weighted by molar-refractivity contribution is 6.30. The van der Waals surface area contributed by atoms with Gasteiger partial charge in [-0.15, -0.1) is 0 Å². The second-order valence-electron chi connectivity index (χ2n) is 8.05. The number of anilines is 1. The van der Waals surface area contributed by atoms with Gasteiger partial charge in [0, 0.05) is 18.2 Å². The third-order valence-corrected chi connectivity index (χ3v) is 5.08. The number of rotatable bonds is 3. The fourth-order valence-corrected chi connectivity index (χ4v) is 3.66. The van der Waals surface area contributed by atoms with E-state index in [1.54, 1.807) is 21.7 Å². The first-order valence-electron chi connectivity index (χ1n) is 9.26. The minimum absolute atomic E-state index is 0.370. The van der Waals surface area contributed by atoms with E-state index in [1.807, 2.05) is 27.7 Å². The van der Waals surface area contributed by atoms with Crippen LogP contribution in [-0.4, -0.2) is 32.8 Å². The largest absolute Gasteiger partial charge is 0.443 e. The Kier molecular flexibility index (Phi) is 5.42. The molecule has 26 heavy (non-hydrogen) atoms. The molecule has 0 atom stereocenters. The Morgan fingerprint density at radius 3 is 2.69 bits per heavy atom. The summed E-state index contributed by atoms with van der Waals surface area (Å²) in [6.07, 6.45) is 7.23. The molecule has 0 saturated heterocycles. The maximum absolute atomic E-state index is 13.1. The van der Waals surface area contributed by atoms with Gasteiger partial charge in [-0.1, -0.05) is 30.9 Å². The number of aromatic nitrogens is 3. The van der Waals surface area contributed by atoms with Gasteiger partial charge in [-0.05, 0) is 46.5 Å². The van der Waals surface area contributed by atoms with Crippen LogP contribution >= 0.6 is 11.6 Å². The van der Waals surface area contributed by atoms with Crippen LogP contribution < -0.4 is 4.90 Å². The van der Waals surface area contributed by atoms with E-state index >= 15 is 0 Å². The average molecular weight is 379 g/mol. The smallest absolute Gasteiger partial charge is 0.416 e. The molecule has 0 aliphatic heterocycles. The number of halogens is 1. The summed E-state index contributed by atoms with van der Waals surface area (Å²) in [5, 5.41) is 4.74. The molecule has 1 saturated carbocycles. The number of nitrogens with zero attached hydrogens (tertiary/aromatic N) is 4. The fourth-order valence-electron chi connectivity index (χ4n) is 3.49. The Bertz CT molecular complexity index is 791. The third-order valence-electron chi connectivity index (χ3n) is 4.72. The van der Waals surface area contributed by atoms with E-state index in [1.165, 1.54) is 19.3 Å². The van der Waals surface area contributed by atoms with E-state index < -0.39 is 5.60 Å². The SMILES string of the molecule is Cc1c(Cl)nc2ccnn2c1N(CC1CCCCC1)C(=O)OC(C)(C)C. The van der Waals surface area contributed by atoms with Crippen molar-refractivity contribution in [1.82, 2.24) is 14.6 Å². The topological polar surface area (TPSA) is 59.7 Å². The van der Waals surface area contributed by atoms with Crippen molar-refractivity contribution >= 4 is 29.2 Å². The fraction of sp³-hybridized carbons (Fsp3) is 0.632. The van der Waals surface area contributed by atoms with E-state index in [9.17, 15) is 4.79 Å². The summed E-state index contributed by atoms with van der Waals surface area (Å²) in [4.78, 5) is 19.1. The van der Waals surface area contributed by atoms with Gasteiger partial charge in [-0.3, -0.25) is 4.90 Å². The lowest BCUT2D eigenvalue weighted by Crippen LogP contribution is -2.41. The Morgan fingerprint density at radius 1 is 1.35 bits per heavy atom. The van der Waals surface area contributed by atoms with Crippen molar-refractivity contribution < 1.29 is 9.53 Å². The van der Waals surface area contributed by atoms with Crippen molar-refractivity contribution in [3.05, 3.63) is 23.0 Å². The minimum Gasteiger partial charge on any atom is -0.443 e. The quantitative estimate of drug-likeness (QED) is 0.704. The molecule has 2 aromatic rings. The molecular weight excluding hydrogens is 352 g/mol. The summed E-state index contributed by atoms with van der Waals surface area (Å²) in [5.74, 6) is 1.10. The van der Waals surface area contributed by atoms with Crippen LogP contribution in [0, 0.1) is 12.8 Å². The van der Waals surface area contributed by atoms with Crippen LogP contribution in [0.25, 0.3) is 5.65 Å². The van der Waals surface area contributed by atoms with Crippen molar-refractivity contribution in [2.75, 3.05) is 11.4 Å². The van der Waals surface area contributed by atoms with Gasteiger partial charge in [-0.2, -0.15) is 9.61 Å². The Hall–Kier alpha value is -1.82. The molecule has 2 aromatic heterocycles. The molecule has 0 bridgehead atoms. The number of carbonyl (C=O) groups is 1. The van der Waals surface area contributed by atoms with Gasteiger partial charge in [0.15, 0.2) is 5.65 Å². The summed E-state index contributed by atoms with van der Waals surface area (Å²) in [7, 11) is 0. The van der Waals surface area contributed by atoms with Crippen molar-refractivity contribution in [2.45, 2.75) is 65.4 Å². The molecule has 0 aromatic carbocycles. The Balaban J connectivity index is 2.03. The van der Waals surface area contributed by atoms with E-state index in [0.717, 1.165) is 18.4 Å². The Morgan fingerprint density at radius 2 is 2.04 bits per heavy atom. The van der Waals surface area contributed by atoms with Crippen LogP contribution in [-0.2, 0) is 4.74 Å². The highest BCUT2D eigenvalue weighted by atomic mass is 35.5. The Labute approximate surface area is 159 Å². The molecule has 142 valence electrons. The van der Waals surface area contributed by atoms with Gasteiger partial charge in [0.1, 0.15) is 16.6 Å². The van der Waals surface area contributed by atoms with Crippen molar-refractivity contribution in [3.63, 3.8) is 0 Å². The summed E-state index contributed by atoms with van der Waals surface area (Å²) in [6.45, 7) is 8.09. The minimum atomic E-state index is -0.574. The highest BCUT2D eigenvalue weighted by Gasteiger charge is 2.30. The van der Waals surface area contributed by atoms with Gasteiger partial charge >= 0.3 is 6.09 Å². The molecule has 0 spiro atoms. The predicted octanol–water partition coefficient (Wildman–Crippen LogP) is 5.01. The molecule has 0 N–H and O–H groups in total. The first-order chi connectivity index (χ1) is 12.3. The molecule has 2 heterocycles. The lowest BCUT2D eigenvalue weighted by atomic mass is 9.89. The van der Waals surface area contributed by atoms with Crippen LogP contribution in [0.4, 0.5) is 10.6 Å². The monoisotopic (exact) mass is 378 g/mol. The normalized spacial score (nSPS) is 16.0. The van der Waals surface area contributed by atoms with E-state index in [4.69, 9.17) is 16.3 Å². The van der Waals surface area contributed by atoms with Gasteiger partial charge in [0.25, 0.3) is 0 Å². The number of carbonyl (C=O) groups excluding carboxylic acids is 1. The van der Waals surface area contributed by atoms with Crippen molar-refractivity contribution in [3.8, 4) is 0 Å². The van der Waals surface area contributed by atoms with Gasteiger partial charge in [0.05, 0.1) is 6.20 Å². The highest BCUT2D eigenvalue weighted by Crippen LogP contribution is 2.31. The molecule has 7 heteroatoms. The zero-order chi connectivity index (χ0) is 18.9. The maximum atomic E-state index is 13.1. The zero-order valence-corrected chi connectivity index (χ0v) is 16.7. The lowest BCUT2D eigenvalue weighted by Gasteiger charge is -2.32. The zero-order valence-electron chi connectivity index (χ0n) is 16.0. The molecule has 1 aliphatic carbocycles. The first-order valence-corrected chi connectivity index (χ1v) is 9.64. The summed E-state index contributed by atoms with van der Waals surface area (Å²) < 4.78 is 7.37. The molecule has 0 unspecified atom stereocenters. The summed E-state index contributed by atoms with van der Waals surface area (Å²) >= 11 is 6.34. The van der Waals surface area contributed by atoms with E-state index in [2.05, 4.69) is 10.1 Å². The van der Waals surface area contributed by atoms with Crippen molar-refractivity contribution in [1.29, 1.82) is 0 Å².